The van der Waals surface area contributed by atoms with Crippen LogP contribution in [-0.4, -0.2) is 26.8 Å². The molecule has 8 nitrogen and oxygen atoms in total. The summed E-state index contributed by atoms with van der Waals surface area (Å²) in [5, 5.41) is 13.1. The Morgan fingerprint density at radius 3 is 2.41 bits per heavy atom. The molecule has 8 heteroatoms. The SMILES string of the molecule is CC(=O)Nc1ccc(N=Cc2c(O)n(-c3ccccc3)c(=O)[nH]c2=O)cc1. The molecule has 1 amide bonds. The van der Waals surface area contributed by atoms with Gasteiger partial charge in [-0.1, -0.05) is 18.2 Å². The van der Waals surface area contributed by atoms with Crippen LogP contribution in [-0.2, 0) is 4.79 Å². The Hall–Kier alpha value is -3.94. The highest BCUT2D eigenvalue weighted by atomic mass is 16.3. The van der Waals surface area contributed by atoms with E-state index in [1.165, 1.54) is 13.1 Å². The van der Waals surface area contributed by atoms with Crippen LogP contribution in [0.5, 0.6) is 5.88 Å². The van der Waals surface area contributed by atoms with Crippen molar-refractivity contribution >= 4 is 23.5 Å². The van der Waals surface area contributed by atoms with Gasteiger partial charge in [0.1, 0.15) is 5.56 Å². The number of nitrogens with zero attached hydrogens (tertiary/aromatic N) is 2. The molecular formula is C19H16N4O4. The minimum absolute atomic E-state index is 0.149. The zero-order chi connectivity index (χ0) is 19.4. The van der Waals surface area contributed by atoms with Gasteiger partial charge in [-0.3, -0.25) is 19.6 Å². The average molecular weight is 364 g/mol. The summed E-state index contributed by atoms with van der Waals surface area (Å²) in [5.74, 6) is -0.695. The lowest BCUT2D eigenvalue weighted by Gasteiger charge is -2.09. The Morgan fingerprint density at radius 1 is 1.11 bits per heavy atom. The number of carbonyl (C=O) groups is 1. The molecule has 0 bridgehead atoms. The second kappa shape index (κ2) is 7.52. The van der Waals surface area contributed by atoms with Gasteiger partial charge in [0, 0.05) is 18.8 Å². The van der Waals surface area contributed by atoms with Gasteiger partial charge in [-0.2, -0.15) is 0 Å². The fourth-order valence-electron chi connectivity index (χ4n) is 2.44. The molecule has 0 radical (unpaired) electrons. The minimum Gasteiger partial charge on any atom is -0.493 e. The van der Waals surface area contributed by atoms with E-state index >= 15 is 0 Å². The topological polar surface area (TPSA) is 117 Å². The van der Waals surface area contributed by atoms with Gasteiger partial charge in [0.05, 0.1) is 11.4 Å². The van der Waals surface area contributed by atoms with E-state index < -0.39 is 17.1 Å². The highest BCUT2D eigenvalue weighted by Crippen LogP contribution is 2.18. The lowest BCUT2D eigenvalue weighted by Crippen LogP contribution is -2.31. The fourth-order valence-corrected chi connectivity index (χ4v) is 2.44. The van der Waals surface area contributed by atoms with Crippen LogP contribution in [0, 0.1) is 0 Å². The van der Waals surface area contributed by atoms with Gasteiger partial charge >= 0.3 is 5.69 Å². The van der Waals surface area contributed by atoms with E-state index in [4.69, 9.17) is 0 Å². The number of benzene rings is 2. The van der Waals surface area contributed by atoms with Crippen LogP contribution in [0.3, 0.4) is 0 Å². The first-order valence-electron chi connectivity index (χ1n) is 8.01. The molecule has 0 fully saturated rings. The number of aromatic amines is 1. The Labute approximate surface area is 153 Å². The number of hydrogen-bond donors (Lipinski definition) is 3. The van der Waals surface area contributed by atoms with Gasteiger partial charge in [0.15, 0.2) is 0 Å². The molecule has 0 atom stereocenters. The molecule has 2 aromatic carbocycles. The molecule has 0 aliphatic carbocycles. The molecule has 3 aromatic rings. The van der Waals surface area contributed by atoms with Crippen molar-refractivity contribution in [1.29, 1.82) is 0 Å². The second-order valence-electron chi connectivity index (χ2n) is 5.65. The van der Waals surface area contributed by atoms with Gasteiger partial charge in [0.2, 0.25) is 11.8 Å². The largest absolute Gasteiger partial charge is 0.493 e. The molecule has 0 aliphatic heterocycles. The maximum Gasteiger partial charge on any atom is 0.335 e. The molecule has 0 aliphatic rings. The molecule has 1 aromatic heterocycles. The Bertz CT molecular complexity index is 1110. The summed E-state index contributed by atoms with van der Waals surface area (Å²) in [4.78, 5) is 41.5. The number of carbonyl (C=O) groups excluding carboxylic acids is 1. The van der Waals surface area contributed by atoms with E-state index in [-0.39, 0.29) is 11.5 Å². The zero-order valence-corrected chi connectivity index (χ0v) is 14.3. The average Bonchev–Trinajstić information content (AvgIpc) is 2.63. The van der Waals surface area contributed by atoms with Crippen molar-refractivity contribution in [3.8, 4) is 11.6 Å². The van der Waals surface area contributed by atoms with Crippen LogP contribution in [0.1, 0.15) is 12.5 Å². The summed E-state index contributed by atoms with van der Waals surface area (Å²) in [6, 6.07) is 15.0. The Kier molecular flexibility index (Phi) is 4.98. The summed E-state index contributed by atoms with van der Waals surface area (Å²) in [6.07, 6.45) is 1.18. The van der Waals surface area contributed by atoms with E-state index in [1.807, 2.05) is 0 Å². The second-order valence-corrected chi connectivity index (χ2v) is 5.65. The van der Waals surface area contributed by atoms with Crippen LogP contribution in [0.15, 0.2) is 69.2 Å². The van der Waals surface area contributed by atoms with E-state index in [0.29, 0.717) is 17.1 Å². The number of aliphatic imine (C=N–C) groups is 1. The van der Waals surface area contributed by atoms with Crippen LogP contribution >= 0.6 is 0 Å². The number of rotatable bonds is 4. The van der Waals surface area contributed by atoms with Crippen molar-refractivity contribution in [2.24, 2.45) is 4.99 Å². The van der Waals surface area contributed by atoms with E-state index in [2.05, 4.69) is 15.3 Å². The lowest BCUT2D eigenvalue weighted by atomic mass is 10.2. The van der Waals surface area contributed by atoms with Crippen molar-refractivity contribution < 1.29 is 9.90 Å². The van der Waals surface area contributed by atoms with Gasteiger partial charge in [-0.25, -0.2) is 9.36 Å². The molecule has 0 unspecified atom stereocenters. The number of anilines is 1. The van der Waals surface area contributed by atoms with Crippen molar-refractivity contribution in [1.82, 2.24) is 9.55 Å². The lowest BCUT2D eigenvalue weighted by molar-refractivity contribution is -0.114. The van der Waals surface area contributed by atoms with E-state index in [0.717, 1.165) is 4.57 Å². The normalized spacial score (nSPS) is 10.9. The predicted molar refractivity (Wildman–Crippen MR) is 102 cm³/mol. The predicted octanol–water partition coefficient (Wildman–Crippen LogP) is 1.94. The minimum atomic E-state index is -0.750. The summed E-state index contributed by atoms with van der Waals surface area (Å²) in [7, 11) is 0. The Balaban J connectivity index is 1.98. The molecule has 0 spiro atoms. The molecule has 136 valence electrons. The standard InChI is InChI=1S/C19H16N4O4/c1-12(24)21-14-9-7-13(8-10-14)20-11-16-17(25)22-19(27)23(18(16)26)15-5-3-2-4-6-15/h2-11,26H,1H3,(H,21,24)(H,22,25,27). The number of hydrogen-bond acceptors (Lipinski definition) is 5. The molecule has 0 saturated heterocycles. The summed E-state index contributed by atoms with van der Waals surface area (Å²) < 4.78 is 0.989. The third-order valence-electron chi connectivity index (χ3n) is 3.67. The molecule has 1 heterocycles. The number of nitrogens with one attached hydrogen (secondary N) is 2. The van der Waals surface area contributed by atoms with Gasteiger partial charge in [-0.05, 0) is 36.4 Å². The first kappa shape index (κ1) is 17.9. The first-order valence-corrected chi connectivity index (χ1v) is 8.01. The maximum absolute atomic E-state index is 12.1. The fraction of sp³-hybridized carbons (Fsp3) is 0.0526. The molecular weight excluding hydrogens is 348 g/mol. The quantitative estimate of drug-likeness (QED) is 0.613. The maximum atomic E-state index is 12.1. The molecule has 0 saturated carbocycles. The van der Waals surface area contributed by atoms with E-state index in [1.54, 1.807) is 54.6 Å². The number of H-pyrrole nitrogens is 1. The van der Waals surface area contributed by atoms with Crippen LogP contribution in [0.25, 0.3) is 5.69 Å². The van der Waals surface area contributed by atoms with Crippen molar-refractivity contribution in [2.45, 2.75) is 6.92 Å². The van der Waals surface area contributed by atoms with Gasteiger partial charge < -0.3 is 10.4 Å². The van der Waals surface area contributed by atoms with Crippen molar-refractivity contribution in [2.75, 3.05) is 5.32 Å². The van der Waals surface area contributed by atoms with Gasteiger partial charge in [-0.15, -0.1) is 0 Å². The summed E-state index contributed by atoms with van der Waals surface area (Å²) in [5.41, 5.74) is -0.126. The first-order chi connectivity index (χ1) is 13.0. The highest BCUT2D eigenvalue weighted by molar-refractivity contribution is 5.89. The summed E-state index contributed by atoms with van der Waals surface area (Å²) >= 11 is 0. The summed E-state index contributed by atoms with van der Waals surface area (Å²) in [6.45, 7) is 1.41. The number of amides is 1. The van der Waals surface area contributed by atoms with Gasteiger partial charge in [0.25, 0.3) is 5.56 Å². The number of para-hydroxylation sites is 1. The van der Waals surface area contributed by atoms with Crippen LogP contribution in [0.4, 0.5) is 11.4 Å². The monoisotopic (exact) mass is 364 g/mol. The zero-order valence-electron chi connectivity index (χ0n) is 14.3. The molecule has 3 N–H and O–H groups in total. The third kappa shape index (κ3) is 4.01. The highest BCUT2D eigenvalue weighted by Gasteiger charge is 2.13. The number of aromatic hydroxyl groups is 1. The third-order valence-corrected chi connectivity index (χ3v) is 3.67. The molecule has 3 rings (SSSR count). The van der Waals surface area contributed by atoms with Crippen LogP contribution in [0.2, 0.25) is 0 Å². The Morgan fingerprint density at radius 2 is 1.78 bits per heavy atom. The number of aromatic nitrogens is 2. The van der Waals surface area contributed by atoms with Crippen LogP contribution < -0.4 is 16.6 Å². The van der Waals surface area contributed by atoms with Crippen molar-refractivity contribution in [3.05, 3.63) is 81.0 Å². The smallest absolute Gasteiger partial charge is 0.335 e. The van der Waals surface area contributed by atoms with E-state index in [9.17, 15) is 19.5 Å². The van der Waals surface area contributed by atoms with Crippen molar-refractivity contribution in [3.63, 3.8) is 0 Å². The molecule has 27 heavy (non-hydrogen) atoms.